The van der Waals surface area contributed by atoms with Crippen molar-refractivity contribution in [1.29, 1.82) is 0 Å². The molecule has 2 aromatic carbocycles. The molecule has 0 amide bonds. The van der Waals surface area contributed by atoms with Crippen molar-refractivity contribution in [3.63, 3.8) is 0 Å². The summed E-state index contributed by atoms with van der Waals surface area (Å²) in [6.45, 7) is 4.10. The van der Waals surface area contributed by atoms with Crippen molar-refractivity contribution in [2.75, 3.05) is 0 Å². The quantitative estimate of drug-likeness (QED) is 0.804. The number of phenols is 1. The van der Waals surface area contributed by atoms with Crippen LogP contribution in [0, 0.1) is 0 Å². The number of rotatable bonds is 1. The normalized spacial score (nSPS) is 22.4. The molecule has 90 valence electrons. The number of phenolic OH excluding ortho intramolecular Hbond substituents is 1. The van der Waals surface area contributed by atoms with Crippen molar-refractivity contribution in [3.8, 4) is 5.75 Å². The van der Waals surface area contributed by atoms with Gasteiger partial charge in [-0.1, -0.05) is 36.4 Å². The van der Waals surface area contributed by atoms with Gasteiger partial charge in [0, 0.05) is 11.1 Å². The largest absolute Gasteiger partial charge is 0.507 e. The molecule has 3 rings (SSSR count). The van der Waals surface area contributed by atoms with Gasteiger partial charge in [-0.25, -0.2) is 0 Å². The summed E-state index contributed by atoms with van der Waals surface area (Å²) in [5.41, 5.74) is 1.84. The number of benzene rings is 2. The lowest BCUT2D eigenvalue weighted by Gasteiger charge is -2.21. The van der Waals surface area contributed by atoms with Crippen LogP contribution < -0.4 is 0 Å². The molecule has 0 saturated heterocycles. The smallest absolute Gasteiger partial charge is 0.123 e. The molecule has 2 heteroatoms. The van der Waals surface area contributed by atoms with Crippen LogP contribution in [0.25, 0.3) is 10.8 Å². The second-order valence-electron chi connectivity index (χ2n) is 4.91. The lowest BCUT2D eigenvalue weighted by atomic mass is 9.88. The van der Waals surface area contributed by atoms with E-state index in [1.54, 1.807) is 6.07 Å². The van der Waals surface area contributed by atoms with E-state index in [1.165, 1.54) is 0 Å². The van der Waals surface area contributed by atoms with Crippen LogP contribution >= 0.6 is 0 Å². The van der Waals surface area contributed by atoms with E-state index in [0.29, 0.717) is 5.75 Å². The molecule has 0 bridgehead atoms. The van der Waals surface area contributed by atoms with Gasteiger partial charge >= 0.3 is 0 Å². The summed E-state index contributed by atoms with van der Waals surface area (Å²) in [5, 5.41) is 11.9. The van der Waals surface area contributed by atoms with Crippen LogP contribution in [0.5, 0.6) is 5.75 Å². The van der Waals surface area contributed by atoms with Gasteiger partial charge < -0.3 is 5.11 Å². The van der Waals surface area contributed by atoms with E-state index in [9.17, 15) is 5.11 Å². The fourth-order valence-corrected chi connectivity index (χ4v) is 2.60. The van der Waals surface area contributed by atoms with Gasteiger partial charge in [0.1, 0.15) is 11.3 Å². The average molecular weight is 237 g/mol. The zero-order valence-corrected chi connectivity index (χ0v) is 10.5. The molecule has 0 saturated carbocycles. The van der Waals surface area contributed by atoms with Crippen molar-refractivity contribution < 1.29 is 5.11 Å². The van der Waals surface area contributed by atoms with E-state index in [2.05, 4.69) is 13.0 Å². The van der Waals surface area contributed by atoms with Crippen LogP contribution in [0.15, 0.2) is 53.5 Å². The van der Waals surface area contributed by atoms with Crippen LogP contribution in [0.1, 0.15) is 19.4 Å². The van der Waals surface area contributed by atoms with Gasteiger partial charge in [0.15, 0.2) is 0 Å². The van der Waals surface area contributed by atoms with Gasteiger partial charge in [-0.3, -0.25) is 4.99 Å². The molecule has 2 nitrogen and oxygen atoms in total. The Morgan fingerprint density at radius 3 is 2.44 bits per heavy atom. The lowest BCUT2D eigenvalue weighted by molar-refractivity contribution is 0.481. The summed E-state index contributed by atoms with van der Waals surface area (Å²) in [7, 11) is 0. The first-order chi connectivity index (χ1) is 8.60. The number of allylic oxidation sites excluding steroid dienone is 1. The molecule has 0 spiro atoms. The first-order valence-corrected chi connectivity index (χ1v) is 6.07. The zero-order valence-electron chi connectivity index (χ0n) is 10.5. The Balaban J connectivity index is 2.32. The minimum atomic E-state index is -0.322. The molecule has 1 N–H and O–H groups in total. The summed E-state index contributed by atoms with van der Waals surface area (Å²) in [4.78, 5) is 4.69. The van der Waals surface area contributed by atoms with E-state index >= 15 is 0 Å². The molecule has 18 heavy (non-hydrogen) atoms. The molecule has 0 radical (unpaired) electrons. The highest BCUT2D eigenvalue weighted by Gasteiger charge is 2.27. The fraction of sp³-hybridized carbons (Fsp3) is 0.188. The molecule has 0 aliphatic carbocycles. The van der Waals surface area contributed by atoms with Crippen molar-refractivity contribution in [1.82, 2.24) is 0 Å². The first kappa shape index (κ1) is 11.0. The summed E-state index contributed by atoms with van der Waals surface area (Å²) in [5.74, 6) is 0.320. The topological polar surface area (TPSA) is 32.6 Å². The van der Waals surface area contributed by atoms with Crippen molar-refractivity contribution in [3.05, 3.63) is 54.1 Å². The molecule has 0 fully saturated rings. The first-order valence-electron chi connectivity index (χ1n) is 6.07. The summed E-state index contributed by atoms with van der Waals surface area (Å²) >= 11 is 0. The second-order valence-corrected chi connectivity index (χ2v) is 4.91. The maximum Gasteiger partial charge on any atom is 0.123 e. The Kier molecular flexibility index (Phi) is 2.27. The predicted octanol–water partition coefficient (Wildman–Crippen LogP) is 3.79. The Hall–Kier alpha value is -2.09. The Morgan fingerprint density at radius 1 is 1.06 bits per heavy atom. The number of aromatic hydroxyl groups is 1. The SMILES string of the molecule is CC1=NC(C)(c2ccc(O)c3ccccc23)C=C1. The third-order valence-corrected chi connectivity index (χ3v) is 3.50. The Labute approximate surface area is 106 Å². The highest BCUT2D eigenvalue weighted by molar-refractivity contribution is 5.97. The molecule has 1 aliphatic heterocycles. The zero-order chi connectivity index (χ0) is 12.8. The summed E-state index contributed by atoms with van der Waals surface area (Å²) in [6.07, 6.45) is 4.16. The van der Waals surface area contributed by atoms with Crippen LogP contribution in [0.3, 0.4) is 0 Å². The standard InChI is InChI=1S/C16H15NO/c1-11-9-10-16(2,17-11)14-7-8-15(18)13-6-4-3-5-12(13)14/h3-10,18H,1-2H3. The van der Waals surface area contributed by atoms with E-state index in [1.807, 2.05) is 43.3 Å². The molecule has 0 aromatic heterocycles. The molecule has 1 aliphatic rings. The molecular weight excluding hydrogens is 222 g/mol. The van der Waals surface area contributed by atoms with E-state index in [-0.39, 0.29) is 5.54 Å². The highest BCUT2D eigenvalue weighted by Crippen LogP contribution is 2.38. The van der Waals surface area contributed by atoms with Gasteiger partial charge in [-0.15, -0.1) is 0 Å². The number of hydrogen-bond donors (Lipinski definition) is 1. The molecule has 1 atom stereocenters. The third-order valence-electron chi connectivity index (χ3n) is 3.50. The fourth-order valence-electron chi connectivity index (χ4n) is 2.60. The number of nitrogens with zero attached hydrogens (tertiary/aromatic N) is 1. The van der Waals surface area contributed by atoms with Crippen molar-refractivity contribution in [2.45, 2.75) is 19.4 Å². The van der Waals surface area contributed by atoms with Crippen LogP contribution in [-0.4, -0.2) is 10.8 Å². The van der Waals surface area contributed by atoms with Crippen molar-refractivity contribution in [2.24, 2.45) is 4.99 Å². The average Bonchev–Trinajstić information content (AvgIpc) is 2.71. The van der Waals surface area contributed by atoms with Gasteiger partial charge in [0.25, 0.3) is 0 Å². The monoisotopic (exact) mass is 237 g/mol. The maximum absolute atomic E-state index is 9.92. The minimum Gasteiger partial charge on any atom is -0.507 e. The van der Waals surface area contributed by atoms with Gasteiger partial charge in [-0.2, -0.15) is 0 Å². The second kappa shape index (κ2) is 3.70. The number of fused-ring (bicyclic) bond motifs is 1. The highest BCUT2D eigenvalue weighted by atomic mass is 16.3. The number of hydrogen-bond acceptors (Lipinski definition) is 2. The predicted molar refractivity (Wildman–Crippen MR) is 75.2 cm³/mol. The molecular formula is C16H15NO. The third kappa shape index (κ3) is 1.53. The lowest BCUT2D eigenvalue weighted by Crippen LogP contribution is -2.14. The van der Waals surface area contributed by atoms with Gasteiger partial charge in [0.05, 0.1) is 0 Å². The van der Waals surface area contributed by atoms with Gasteiger partial charge in [0.2, 0.25) is 0 Å². The Bertz CT molecular complexity index is 685. The van der Waals surface area contributed by atoms with E-state index in [4.69, 9.17) is 4.99 Å². The van der Waals surface area contributed by atoms with Gasteiger partial charge in [-0.05, 0) is 36.9 Å². The summed E-state index contributed by atoms with van der Waals surface area (Å²) < 4.78 is 0. The number of aliphatic imine (C=N–C) groups is 1. The molecule has 2 aromatic rings. The van der Waals surface area contributed by atoms with E-state index in [0.717, 1.165) is 22.0 Å². The Morgan fingerprint density at radius 2 is 1.78 bits per heavy atom. The van der Waals surface area contributed by atoms with E-state index < -0.39 is 0 Å². The maximum atomic E-state index is 9.92. The van der Waals surface area contributed by atoms with Crippen LogP contribution in [0.2, 0.25) is 0 Å². The molecule has 1 unspecified atom stereocenters. The van der Waals surface area contributed by atoms with Crippen LogP contribution in [0.4, 0.5) is 0 Å². The minimum absolute atomic E-state index is 0.320. The van der Waals surface area contributed by atoms with Crippen molar-refractivity contribution >= 4 is 16.5 Å². The molecule has 1 heterocycles. The summed E-state index contributed by atoms with van der Waals surface area (Å²) in [6, 6.07) is 11.6. The van der Waals surface area contributed by atoms with Crippen LogP contribution in [-0.2, 0) is 5.54 Å².